The quantitative estimate of drug-likeness (QED) is 0.838. The Bertz CT molecular complexity index is 647. The van der Waals surface area contributed by atoms with Gasteiger partial charge in [0.15, 0.2) is 9.84 Å². The summed E-state index contributed by atoms with van der Waals surface area (Å²) < 4.78 is 23.5. The van der Waals surface area contributed by atoms with Gasteiger partial charge in [-0.25, -0.2) is 8.42 Å². The number of aryl methyl sites for hydroxylation is 1. The Hall–Kier alpha value is -1.87. The maximum atomic E-state index is 12.2. The van der Waals surface area contributed by atoms with Crippen molar-refractivity contribution in [3.63, 3.8) is 0 Å². The Kier molecular flexibility index (Phi) is 4.40. The summed E-state index contributed by atoms with van der Waals surface area (Å²) in [6, 6.07) is 9.34. The number of hydrogen-bond acceptors (Lipinski definition) is 4. The minimum Gasteiger partial charge on any atom is -0.311 e. The lowest BCUT2D eigenvalue weighted by atomic mass is 10.0. The van der Waals surface area contributed by atoms with Crippen molar-refractivity contribution >= 4 is 21.4 Å². The highest BCUT2D eigenvalue weighted by Gasteiger charge is 2.26. The third kappa shape index (κ3) is 3.36. The van der Waals surface area contributed by atoms with Crippen LogP contribution in [0.1, 0.15) is 18.4 Å². The van der Waals surface area contributed by atoms with Crippen molar-refractivity contribution in [1.29, 1.82) is 5.26 Å². The van der Waals surface area contributed by atoms with E-state index in [4.69, 9.17) is 5.26 Å². The highest BCUT2D eigenvalue weighted by atomic mass is 32.2. The maximum Gasteiger partial charge on any atom is 0.242 e. The zero-order valence-electron chi connectivity index (χ0n) is 11.1. The molecule has 106 valence electrons. The van der Waals surface area contributed by atoms with Crippen LogP contribution >= 0.6 is 0 Å². The monoisotopic (exact) mass is 292 g/mol. The van der Waals surface area contributed by atoms with E-state index in [1.165, 1.54) is 0 Å². The summed E-state index contributed by atoms with van der Waals surface area (Å²) in [4.78, 5) is 13.7. The molecule has 0 unspecified atom stereocenters. The van der Waals surface area contributed by atoms with Gasteiger partial charge in [0, 0.05) is 18.7 Å². The van der Waals surface area contributed by atoms with Gasteiger partial charge in [0.1, 0.15) is 5.75 Å². The van der Waals surface area contributed by atoms with Gasteiger partial charge in [0.25, 0.3) is 0 Å². The summed E-state index contributed by atoms with van der Waals surface area (Å²) in [5, 5.41) is 8.43. The number of carbonyl (C=O) groups is 1. The van der Waals surface area contributed by atoms with Gasteiger partial charge in [-0.3, -0.25) is 4.79 Å². The molecule has 0 saturated heterocycles. The molecule has 0 N–H and O–H groups in total. The van der Waals surface area contributed by atoms with E-state index in [-0.39, 0.29) is 12.2 Å². The van der Waals surface area contributed by atoms with Gasteiger partial charge in [0.2, 0.25) is 5.91 Å². The molecule has 6 heteroatoms. The van der Waals surface area contributed by atoms with E-state index in [2.05, 4.69) is 0 Å². The summed E-state index contributed by atoms with van der Waals surface area (Å²) in [5.74, 6) is -1.19. The van der Waals surface area contributed by atoms with Gasteiger partial charge in [-0.2, -0.15) is 5.26 Å². The molecule has 1 heterocycles. The van der Waals surface area contributed by atoms with E-state index in [0.29, 0.717) is 6.54 Å². The van der Waals surface area contributed by atoms with Crippen LogP contribution < -0.4 is 4.90 Å². The topological polar surface area (TPSA) is 78.2 Å². The van der Waals surface area contributed by atoms with Crippen LogP contribution in [0.3, 0.4) is 0 Å². The molecule has 0 bridgehead atoms. The van der Waals surface area contributed by atoms with Gasteiger partial charge in [-0.1, -0.05) is 18.2 Å². The molecule has 1 aliphatic rings. The molecular formula is C14H16N2O3S. The van der Waals surface area contributed by atoms with Gasteiger partial charge >= 0.3 is 0 Å². The molecular weight excluding hydrogens is 276 g/mol. The van der Waals surface area contributed by atoms with E-state index < -0.39 is 21.5 Å². The molecule has 0 aliphatic carbocycles. The van der Waals surface area contributed by atoms with E-state index in [1.54, 1.807) is 11.0 Å². The van der Waals surface area contributed by atoms with Crippen LogP contribution in [0.15, 0.2) is 24.3 Å². The molecule has 2 rings (SSSR count). The highest BCUT2D eigenvalue weighted by Crippen LogP contribution is 2.26. The van der Waals surface area contributed by atoms with Crippen LogP contribution in [-0.2, 0) is 21.1 Å². The zero-order valence-corrected chi connectivity index (χ0v) is 11.9. The number of nitrogens with zero attached hydrogens (tertiary/aromatic N) is 2. The molecule has 1 aromatic carbocycles. The fourth-order valence-electron chi connectivity index (χ4n) is 2.33. The molecule has 1 amide bonds. The summed E-state index contributed by atoms with van der Waals surface area (Å²) in [7, 11) is -3.51. The summed E-state index contributed by atoms with van der Waals surface area (Å²) in [6.45, 7) is 0.545. The lowest BCUT2D eigenvalue weighted by Crippen LogP contribution is -2.39. The minimum absolute atomic E-state index is 0.0772. The van der Waals surface area contributed by atoms with Gasteiger partial charge in [0.05, 0.1) is 11.8 Å². The Balaban J connectivity index is 2.14. The molecule has 1 aromatic rings. The average Bonchev–Trinajstić information content (AvgIpc) is 2.44. The van der Waals surface area contributed by atoms with Gasteiger partial charge < -0.3 is 4.90 Å². The van der Waals surface area contributed by atoms with Crippen molar-refractivity contribution in [3.05, 3.63) is 29.8 Å². The smallest absolute Gasteiger partial charge is 0.242 e. The van der Waals surface area contributed by atoms with Crippen molar-refractivity contribution in [2.45, 2.75) is 19.3 Å². The van der Waals surface area contributed by atoms with Crippen LogP contribution in [-0.4, -0.2) is 32.4 Å². The predicted octanol–water partition coefficient (Wildman–Crippen LogP) is 1.29. The average molecular weight is 292 g/mol. The standard InChI is InChI=1S/C14H16N2O3S/c15-8-4-10-20(18,19)11-14(17)16-9-3-6-12-5-1-2-7-13(12)16/h1-2,5,7H,3-4,6,9-11H2. The minimum atomic E-state index is -3.51. The molecule has 0 saturated carbocycles. The molecule has 0 atom stereocenters. The van der Waals surface area contributed by atoms with Crippen LogP contribution in [0.2, 0.25) is 0 Å². The van der Waals surface area contributed by atoms with Crippen molar-refractivity contribution < 1.29 is 13.2 Å². The number of para-hydroxylation sites is 1. The SMILES string of the molecule is N#CCCS(=O)(=O)CC(=O)N1CCCc2ccccc21. The number of amides is 1. The molecule has 0 fully saturated rings. The van der Waals surface area contributed by atoms with E-state index in [9.17, 15) is 13.2 Å². The maximum absolute atomic E-state index is 12.2. The Morgan fingerprint density at radius 1 is 1.35 bits per heavy atom. The van der Waals surface area contributed by atoms with E-state index in [0.717, 1.165) is 24.1 Å². The Labute approximate surface area is 118 Å². The third-order valence-electron chi connectivity index (χ3n) is 3.28. The fourth-order valence-corrected chi connectivity index (χ4v) is 3.41. The number of sulfone groups is 1. The van der Waals surface area contributed by atoms with Crippen molar-refractivity contribution in [2.75, 3.05) is 23.0 Å². The summed E-state index contributed by atoms with van der Waals surface area (Å²) in [6.07, 6.45) is 1.66. The first-order chi connectivity index (χ1) is 9.53. The Morgan fingerprint density at radius 2 is 2.10 bits per heavy atom. The number of anilines is 1. The molecule has 0 spiro atoms. The van der Waals surface area contributed by atoms with Gasteiger partial charge in [-0.15, -0.1) is 0 Å². The lowest BCUT2D eigenvalue weighted by molar-refractivity contribution is -0.116. The van der Waals surface area contributed by atoms with E-state index in [1.807, 2.05) is 24.3 Å². The molecule has 5 nitrogen and oxygen atoms in total. The second kappa shape index (κ2) is 6.06. The first kappa shape index (κ1) is 14.5. The lowest BCUT2D eigenvalue weighted by Gasteiger charge is -2.29. The van der Waals surface area contributed by atoms with Crippen molar-refractivity contribution in [1.82, 2.24) is 0 Å². The first-order valence-electron chi connectivity index (χ1n) is 6.49. The summed E-state index contributed by atoms with van der Waals surface area (Å²) in [5.41, 5.74) is 1.88. The molecule has 20 heavy (non-hydrogen) atoms. The molecule has 0 radical (unpaired) electrons. The number of benzene rings is 1. The van der Waals surface area contributed by atoms with Crippen LogP contribution in [0.25, 0.3) is 0 Å². The molecule has 1 aliphatic heterocycles. The second-order valence-electron chi connectivity index (χ2n) is 4.78. The number of fused-ring (bicyclic) bond motifs is 1. The fraction of sp³-hybridized carbons (Fsp3) is 0.429. The van der Waals surface area contributed by atoms with Crippen molar-refractivity contribution in [2.24, 2.45) is 0 Å². The number of carbonyl (C=O) groups excluding carboxylic acids is 1. The highest BCUT2D eigenvalue weighted by molar-refractivity contribution is 7.92. The number of rotatable bonds is 4. The van der Waals surface area contributed by atoms with Crippen LogP contribution in [0, 0.1) is 11.3 Å². The van der Waals surface area contributed by atoms with Crippen LogP contribution in [0.5, 0.6) is 0 Å². The van der Waals surface area contributed by atoms with E-state index >= 15 is 0 Å². The predicted molar refractivity (Wildman–Crippen MR) is 76.0 cm³/mol. The zero-order chi connectivity index (χ0) is 14.6. The third-order valence-corrected chi connectivity index (χ3v) is 4.79. The first-order valence-corrected chi connectivity index (χ1v) is 8.31. The Morgan fingerprint density at radius 3 is 2.85 bits per heavy atom. The normalized spacial score (nSPS) is 14.4. The number of hydrogen-bond donors (Lipinski definition) is 0. The number of nitriles is 1. The molecule has 0 aromatic heterocycles. The van der Waals surface area contributed by atoms with Crippen molar-refractivity contribution in [3.8, 4) is 6.07 Å². The second-order valence-corrected chi connectivity index (χ2v) is 6.96. The summed E-state index contributed by atoms with van der Waals surface area (Å²) >= 11 is 0. The van der Waals surface area contributed by atoms with Gasteiger partial charge in [-0.05, 0) is 24.5 Å². The largest absolute Gasteiger partial charge is 0.311 e. The van der Waals surface area contributed by atoms with Crippen LogP contribution in [0.4, 0.5) is 5.69 Å².